The Hall–Kier alpha value is -1.06. The maximum atomic E-state index is 11.6. The number of benzene rings is 1. The van der Waals surface area contributed by atoms with Crippen molar-refractivity contribution in [2.75, 3.05) is 13.7 Å². The van der Waals surface area contributed by atoms with Gasteiger partial charge in [-0.2, -0.15) is 0 Å². The molecule has 0 heterocycles. The first-order valence-corrected chi connectivity index (χ1v) is 5.53. The van der Waals surface area contributed by atoms with E-state index in [1.54, 1.807) is 12.1 Å². The van der Waals surface area contributed by atoms with Crippen LogP contribution in [0.1, 0.15) is 28.3 Å². The number of carbonyl (C=O) groups is 1. The van der Waals surface area contributed by atoms with Crippen LogP contribution >= 0.6 is 11.6 Å². The molecule has 1 aliphatic carbocycles. The van der Waals surface area contributed by atoms with Gasteiger partial charge in [0.2, 0.25) is 0 Å². The van der Waals surface area contributed by atoms with E-state index in [9.17, 15) is 4.79 Å². The van der Waals surface area contributed by atoms with E-state index in [1.807, 2.05) is 6.07 Å². The normalized spacial score (nSPS) is 22.9. The zero-order chi connectivity index (χ0) is 11.7. The van der Waals surface area contributed by atoms with Gasteiger partial charge in [0, 0.05) is 11.6 Å². The maximum absolute atomic E-state index is 11.6. The number of aliphatic hydroxyl groups excluding tert-OH is 1. The number of esters is 1. The minimum Gasteiger partial charge on any atom is -0.465 e. The number of hydrogen-bond donors (Lipinski definition) is 1. The SMILES string of the molecule is COC(=O)c1cc(Cl)ccc1C1CC1CO. The molecule has 1 N–H and O–H groups in total. The summed E-state index contributed by atoms with van der Waals surface area (Å²) in [5.74, 6) is 0.155. The number of ether oxygens (including phenoxy) is 1. The molecule has 2 unspecified atom stereocenters. The van der Waals surface area contributed by atoms with Crippen molar-refractivity contribution >= 4 is 17.6 Å². The van der Waals surface area contributed by atoms with Crippen LogP contribution in [-0.4, -0.2) is 24.8 Å². The summed E-state index contributed by atoms with van der Waals surface area (Å²) in [4.78, 5) is 11.6. The molecule has 1 saturated carbocycles. The van der Waals surface area contributed by atoms with E-state index >= 15 is 0 Å². The molecular formula is C12H13ClO3. The number of halogens is 1. The molecule has 0 bridgehead atoms. The summed E-state index contributed by atoms with van der Waals surface area (Å²) >= 11 is 5.86. The van der Waals surface area contributed by atoms with Gasteiger partial charge in [-0.3, -0.25) is 0 Å². The lowest BCUT2D eigenvalue weighted by atomic mass is 10.0. The monoisotopic (exact) mass is 240 g/mol. The number of carbonyl (C=O) groups excluding carboxylic acids is 1. The smallest absolute Gasteiger partial charge is 0.338 e. The highest BCUT2D eigenvalue weighted by molar-refractivity contribution is 6.31. The summed E-state index contributed by atoms with van der Waals surface area (Å²) in [6.45, 7) is 0.161. The Balaban J connectivity index is 2.33. The molecule has 2 atom stereocenters. The van der Waals surface area contributed by atoms with Crippen LogP contribution in [0.2, 0.25) is 5.02 Å². The van der Waals surface area contributed by atoms with Gasteiger partial charge >= 0.3 is 5.97 Å². The van der Waals surface area contributed by atoms with Crippen molar-refractivity contribution in [3.8, 4) is 0 Å². The average Bonchev–Trinajstić information content (AvgIpc) is 3.07. The average molecular weight is 241 g/mol. The van der Waals surface area contributed by atoms with Crippen LogP contribution in [0.15, 0.2) is 18.2 Å². The third-order valence-electron chi connectivity index (χ3n) is 2.98. The quantitative estimate of drug-likeness (QED) is 0.825. The van der Waals surface area contributed by atoms with Crippen LogP contribution in [-0.2, 0) is 4.74 Å². The van der Waals surface area contributed by atoms with Crippen LogP contribution in [0.4, 0.5) is 0 Å². The van der Waals surface area contributed by atoms with Crippen LogP contribution in [0, 0.1) is 5.92 Å². The van der Waals surface area contributed by atoms with E-state index in [0.29, 0.717) is 10.6 Å². The fourth-order valence-corrected chi connectivity index (χ4v) is 2.14. The number of aliphatic hydroxyl groups is 1. The molecule has 0 amide bonds. The van der Waals surface area contributed by atoms with E-state index in [-0.39, 0.29) is 24.4 Å². The summed E-state index contributed by atoms with van der Waals surface area (Å²) in [6, 6.07) is 5.22. The van der Waals surface area contributed by atoms with Crippen molar-refractivity contribution in [1.29, 1.82) is 0 Å². The Bertz CT molecular complexity index is 417. The van der Waals surface area contributed by atoms with Crippen LogP contribution in [0.3, 0.4) is 0 Å². The lowest BCUT2D eigenvalue weighted by Crippen LogP contribution is -2.06. The summed E-state index contributed by atoms with van der Waals surface area (Å²) in [6.07, 6.45) is 0.919. The lowest BCUT2D eigenvalue weighted by molar-refractivity contribution is 0.0599. The van der Waals surface area contributed by atoms with Gasteiger partial charge in [0.15, 0.2) is 0 Å². The Labute approximate surface area is 99.0 Å². The second-order valence-corrected chi connectivity index (χ2v) is 4.44. The molecule has 0 aromatic heterocycles. The zero-order valence-electron chi connectivity index (χ0n) is 8.94. The molecule has 4 heteroatoms. The van der Waals surface area contributed by atoms with Crippen molar-refractivity contribution in [1.82, 2.24) is 0 Å². The standard InChI is InChI=1S/C12H13ClO3/c1-16-12(15)11-5-8(13)2-3-9(11)10-4-7(10)6-14/h2-3,5,7,10,14H,4,6H2,1H3. The molecule has 1 aromatic rings. The van der Waals surface area contributed by atoms with E-state index in [0.717, 1.165) is 12.0 Å². The molecule has 16 heavy (non-hydrogen) atoms. The van der Waals surface area contributed by atoms with Gasteiger partial charge in [0.25, 0.3) is 0 Å². The second kappa shape index (κ2) is 4.44. The number of hydrogen-bond acceptors (Lipinski definition) is 3. The van der Waals surface area contributed by atoms with E-state index in [1.165, 1.54) is 7.11 Å². The topological polar surface area (TPSA) is 46.5 Å². The molecule has 1 aromatic carbocycles. The summed E-state index contributed by atoms with van der Waals surface area (Å²) < 4.78 is 4.72. The van der Waals surface area contributed by atoms with Crippen molar-refractivity contribution in [3.63, 3.8) is 0 Å². The highest BCUT2D eigenvalue weighted by atomic mass is 35.5. The molecule has 0 radical (unpaired) electrons. The summed E-state index contributed by atoms with van der Waals surface area (Å²) in [5, 5.41) is 9.56. The van der Waals surface area contributed by atoms with Crippen molar-refractivity contribution in [2.24, 2.45) is 5.92 Å². The Morgan fingerprint density at radius 3 is 2.94 bits per heavy atom. The first kappa shape index (κ1) is 11.4. The molecular weight excluding hydrogens is 228 g/mol. The third-order valence-corrected chi connectivity index (χ3v) is 3.21. The molecule has 0 saturated heterocycles. The van der Waals surface area contributed by atoms with Crippen molar-refractivity contribution in [2.45, 2.75) is 12.3 Å². The predicted molar refractivity (Wildman–Crippen MR) is 60.7 cm³/mol. The molecule has 3 nitrogen and oxygen atoms in total. The van der Waals surface area contributed by atoms with Gasteiger partial charge < -0.3 is 9.84 Å². The number of rotatable bonds is 3. The molecule has 0 aliphatic heterocycles. The van der Waals surface area contributed by atoms with Gasteiger partial charge in [-0.25, -0.2) is 4.79 Å². The van der Waals surface area contributed by atoms with Crippen LogP contribution < -0.4 is 0 Å². The van der Waals surface area contributed by atoms with Crippen molar-refractivity contribution < 1.29 is 14.6 Å². The second-order valence-electron chi connectivity index (χ2n) is 4.01. The van der Waals surface area contributed by atoms with Gasteiger partial charge in [0.1, 0.15) is 0 Å². The minimum atomic E-state index is -0.374. The molecule has 2 rings (SSSR count). The van der Waals surface area contributed by atoms with Crippen LogP contribution in [0.5, 0.6) is 0 Å². The highest BCUT2D eigenvalue weighted by Crippen LogP contribution is 2.48. The first-order valence-electron chi connectivity index (χ1n) is 5.16. The van der Waals surface area contributed by atoms with E-state index < -0.39 is 0 Å². The van der Waals surface area contributed by atoms with Gasteiger partial charge in [-0.15, -0.1) is 0 Å². The van der Waals surface area contributed by atoms with Crippen LogP contribution in [0.25, 0.3) is 0 Å². The van der Waals surface area contributed by atoms with Crippen molar-refractivity contribution in [3.05, 3.63) is 34.3 Å². The summed E-state index contributed by atoms with van der Waals surface area (Å²) in [5.41, 5.74) is 1.44. The Kier molecular flexibility index (Phi) is 3.17. The fourth-order valence-electron chi connectivity index (χ4n) is 1.97. The third kappa shape index (κ3) is 2.06. The molecule has 1 fully saturated rings. The van der Waals surface area contributed by atoms with Gasteiger partial charge in [0.05, 0.1) is 12.7 Å². The fraction of sp³-hybridized carbons (Fsp3) is 0.417. The minimum absolute atomic E-state index is 0.161. The first-order chi connectivity index (χ1) is 7.67. The zero-order valence-corrected chi connectivity index (χ0v) is 9.70. The summed E-state index contributed by atoms with van der Waals surface area (Å²) in [7, 11) is 1.35. The molecule has 1 aliphatic rings. The predicted octanol–water partition coefficient (Wildman–Crippen LogP) is 2.22. The largest absolute Gasteiger partial charge is 0.465 e. The lowest BCUT2D eigenvalue weighted by Gasteiger charge is -2.07. The Morgan fingerprint density at radius 1 is 1.62 bits per heavy atom. The number of methoxy groups -OCH3 is 1. The maximum Gasteiger partial charge on any atom is 0.338 e. The van der Waals surface area contributed by atoms with E-state index in [2.05, 4.69) is 0 Å². The molecule has 86 valence electrons. The van der Waals surface area contributed by atoms with Gasteiger partial charge in [-0.1, -0.05) is 17.7 Å². The molecule has 0 spiro atoms. The highest BCUT2D eigenvalue weighted by Gasteiger charge is 2.39. The van der Waals surface area contributed by atoms with Gasteiger partial charge in [-0.05, 0) is 36.0 Å². The Morgan fingerprint density at radius 2 is 2.38 bits per heavy atom. The van der Waals surface area contributed by atoms with E-state index in [4.69, 9.17) is 21.4 Å².